The van der Waals surface area contributed by atoms with Gasteiger partial charge in [-0.25, -0.2) is 0 Å². The summed E-state index contributed by atoms with van der Waals surface area (Å²) >= 11 is 0. The SMILES string of the molecule is COc1c(C)cc(P(=O)(c2cc(C)c(OC)c(C)c2)c2cc(C)c3c(c2)OC(C)(C)O3)cc1C.Cc1ccc(P(=O)(c2ccc(C)cc2)c2cc(Oc3ccccc3)c3c(c2)OC(C)(C)O3)cc1. The van der Waals surface area contributed by atoms with Crippen molar-refractivity contribution < 1.29 is 42.3 Å². The van der Waals surface area contributed by atoms with Crippen molar-refractivity contribution in [2.45, 2.75) is 87.7 Å². The molecule has 2 aliphatic heterocycles. The van der Waals surface area contributed by atoms with Gasteiger partial charge in [0, 0.05) is 59.5 Å². The van der Waals surface area contributed by atoms with E-state index in [1.807, 2.05) is 204 Å². The zero-order chi connectivity index (χ0) is 48.9. The molecule has 9 rings (SSSR count). The van der Waals surface area contributed by atoms with Gasteiger partial charge in [-0.05, 0) is 137 Å². The standard InChI is InChI=1S/C29H27O4P.C28H33O5P/c1-20-10-14-23(15-11-20)34(30,24-16-12-21(2)13-17-24)25-18-26(31-22-8-6-5-7-9-22)28-27(19-25)32-29(3,4)33-28;1-16-10-21(11-17(2)25(16)30-8)34(29,22-12-18(3)26(31-9)19(4)13-22)23-14-20(5)27-24(15-23)32-28(6,7)33-27/h5-19H,1-4H3;10-15H,1-9H3. The monoisotopic (exact) mass is 950 g/mol. The van der Waals surface area contributed by atoms with Crippen LogP contribution in [0.25, 0.3) is 0 Å². The molecule has 11 heteroatoms. The van der Waals surface area contributed by atoms with Crippen LogP contribution in [0.15, 0.2) is 127 Å². The first-order chi connectivity index (χ1) is 32.1. The summed E-state index contributed by atoms with van der Waals surface area (Å²) < 4.78 is 72.0. The van der Waals surface area contributed by atoms with E-state index in [9.17, 15) is 0 Å². The second-order valence-electron chi connectivity index (χ2n) is 18.6. The van der Waals surface area contributed by atoms with Gasteiger partial charge >= 0.3 is 0 Å². The van der Waals surface area contributed by atoms with Gasteiger partial charge < -0.3 is 42.3 Å². The Balaban J connectivity index is 0.000000184. The fourth-order valence-electron chi connectivity index (χ4n) is 9.05. The first-order valence-corrected chi connectivity index (χ1v) is 26.1. The quantitative estimate of drug-likeness (QED) is 0.124. The van der Waals surface area contributed by atoms with Crippen molar-refractivity contribution in [3.63, 3.8) is 0 Å². The van der Waals surface area contributed by atoms with Crippen molar-refractivity contribution >= 4 is 46.1 Å². The predicted octanol–water partition coefficient (Wildman–Crippen LogP) is 11.6. The van der Waals surface area contributed by atoms with Gasteiger partial charge in [0.25, 0.3) is 0 Å². The van der Waals surface area contributed by atoms with Crippen LogP contribution in [0.2, 0.25) is 0 Å². The van der Waals surface area contributed by atoms with Crippen LogP contribution in [0.5, 0.6) is 46.0 Å². The Labute approximate surface area is 401 Å². The molecule has 0 aliphatic carbocycles. The fraction of sp³-hybridized carbons (Fsp3) is 0.263. The molecule has 7 aromatic carbocycles. The van der Waals surface area contributed by atoms with Gasteiger partial charge in [0.15, 0.2) is 37.3 Å². The molecule has 9 nitrogen and oxygen atoms in total. The van der Waals surface area contributed by atoms with Crippen molar-refractivity contribution in [3.05, 3.63) is 166 Å². The summed E-state index contributed by atoms with van der Waals surface area (Å²) in [5.74, 6) is 3.48. The summed E-state index contributed by atoms with van der Waals surface area (Å²) in [6.07, 6.45) is 0. The van der Waals surface area contributed by atoms with Gasteiger partial charge in [0.2, 0.25) is 17.3 Å². The van der Waals surface area contributed by atoms with Crippen molar-refractivity contribution in [1.82, 2.24) is 0 Å². The van der Waals surface area contributed by atoms with Crippen LogP contribution in [-0.4, -0.2) is 25.8 Å². The van der Waals surface area contributed by atoms with Gasteiger partial charge in [-0.1, -0.05) is 77.9 Å². The maximum atomic E-state index is 15.4. The summed E-state index contributed by atoms with van der Waals surface area (Å²) in [6.45, 7) is 21.4. The van der Waals surface area contributed by atoms with Crippen molar-refractivity contribution in [2.75, 3.05) is 14.2 Å². The molecule has 0 amide bonds. The van der Waals surface area contributed by atoms with E-state index in [4.69, 9.17) is 33.2 Å². The molecule has 0 spiro atoms. The Morgan fingerprint density at radius 2 is 0.779 bits per heavy atom. The number of methoxy groups -OCH3 is 2. The number of ether oxygens (including phenoxy) is 7. The lowest BCUT2D eigenvalue weighted by molar-refractivity contribution is -0.0442. The smallest absolute Gasteiger partial charge is 0.246 e. The molecule has 0 aromatic heterocycles. The summed E-state index contributed by atoms with van der Waals surface area (Å²) in [6, 6.07) is 40.7. The second-order valence-corrected chi connectivity index (χ2v) is 24.1. The van der Waals surface area contributed by atoms with Crippen molar-refractivity contribution in [2.24, 2.45) is 0 Å². The minimum Gasteiger partial charge on any atom is -0.496 e. The van der Waals surface area contributed by atoms with Gasteiger partial charge in [-0.15, -0.1) is 0 Å². The summed E-state index contributed by atoms with van der Waals surface area (Å²) in [7, 11) is -3.21. The van der Waals surface area contributed by atoms with Crippen molar-refractivity contribution in [3.8, 4) is 46.0 Å². The Bertz CT molecular complexity index is 2980. The topological polar surface area (TPSA) is 98.8 Å². The van der Waals surface area contributed by atoms with E-state index >= 15 is 9.13 Å². The average molecular weight is 951 g/mol. The first-order valence-electron chi connectivity index (χ1n) is 22.6. The molecule has 0 radical (unpaired) electrons. The third kappa shape index (κ3) is 9.14. The molecular formula is C57H60O9P2. The highest BCUT2D eigenvalue weighted by molar-refractivity contribution is 7.85. The molecule has 0 fully saturated rings. The number of para-hydroxylation sites is 1. The van der Waals surface area contributed by atoms with E-state index in [1.54, 1.807) is 14.2 Å². The number of rotatable bonds is 10. The van der Waals surface area contributed by atoms with Gasteiger partial charge in [0.05, 0.1) is 14.2 Å². The lowest BCUT2D eigenvalue weighted by atomic mass is 10.1. The zero-order valence-corrected chi connectivity index (χ0v) is 43.0. The molecule has 7 aromatic rings. The van der Waals surface area contributed by atoms with E-state index in [-0.39, 0.29) is 0 Å². The third-order valence-electron chi connectivity index (χ3n) is 12.2. The van der Waals surface area contributed by atoms with E-state index in [1.165, 1.54) is 0 Å². The van der Waals surface area contributed by atoms with Gasteiger partial charge in [-0.2, -0.15) is 0 Å². The first kappa shape index (κ1) is 48.1. The lowest BCUT2D eigenvalue weighted by Crippen LogP contribution is -2.30. The molecule has 0 saturated heterocycles. The minimum absolute atomic E-state index is 0.476. The molecule has 0 unspecified atom stereocenters. The number of benzene rings is 7. The van der Waals surface area contributed by atoms with E-state index < -0.39 is 25.9 Å². The molecule has 2 heterocycles. The van der Waals surface area contributed by atoms with Crippen LogP contribution in [0.1, 0.15) is 66.6 Å². The Morgan fingerprint density at radius 1 is 0.412 bits per heavy atom. The van der Waals surface area contributed by atoms with Crippen LogP contribution in [-0.2, 0) is 9.13 Å². The molecule has 0 atom stereocenters. The zero-order valence-electron chi connectivity index (χ0n) is 41.2. The van der Waals surface area contributed by atoms with E-state index in [0.29, 0.717) is 45.1 Å². The Kier molecular flexibility index (Phi) is 12.9. The summed E-state index contributed by atoms with van der Waals surface area (Å²) in [5.41, 5.74) is 6.88. The third-order valence-corrected chi connectivity index (χ3v) is 18.1. The maximum Gasteiger partial charge on any atom is 0.246 e. The van der Waals surface area contributed by atoms with E-state index in [0.717, 1.165) is 71.7 Å². The molecule has 0 N–H and O–H groups in total. The number of fused-ring (bicyclic) bond motifs is 2. The molecule has 352 valence electrons. The number of aryl methyl sites for hydroxylation is 7. The Morgan fingerprint density at radius 3 is 1.22 bits per heavy atom. The van der Waals surface area contributed by atoms with E-state index in [2.05, 4.69) is 0 Å². The van der Waals surface area contributed by atoms with Gasteiger partial charge in [-0.3, -0.25) is 0 Å². The molecular weight excluding hydrogens is 891 g/mol. The van der Waals surface area contributed by atoms with Crippen LogP contribution in [0.4, 0.5) is 0 Å². The van der Waals surface area contributed by atoms with Crippen LogP contribution < -0.4 is 65.0 Å². The summed E-state index contributed by atoms with van der Waals surface area (Å²) in [4.78, 5) is 0. The second kappa shape index (κ2) is 18.3. The largest absolute Gasteiger partial charge is 0.496 e. The number of hydrogen-bond donors (Lipinski definition) is 0. The van der Waals surface area contributed by atoms with Crippen LogP contribution in [0, 0.1) is 48.5 Å². The Hall–Kier alpha value is -6.40. The lowest BCUT2D eigenvalue weighted by Gasteiger charge is -2.24. The van der Waals surface area contributed by atoms with Crippen LogP contribution in [0.3, 0.4) is 0 Å². The number of hydrogen-bond acceptors (Lipinski definition) is 9. The highest BCUT2D eigenvalue weighted by atomic mass is 31.2. The molecule has 68 heavy (non-hydrogen) atoms. The fourth-order valence-corrected chi connectivity index (χ4v) is 14.8. The average Bonchev–Trinajstić information content (AvgIpc) is 3.80. The van der Waals surface area contributed by atoms with Crippen LogP contribution >= 0.6 is 14.3 Å². The van der Waals surface area contributed by atoms with Crippen molar-refractivity contribution in [1.29, 1.82) is 0 Å². The highest BCUT2D eigenvalue weighted by Gasteiger charge is 2.40. The minimum atomic E-state index is -3.29. The predicted molar refractivity (Wildman–Crippen MR) is 275 cm³/mol. The summed E-state index contributed by atoms with van der Waals surface area (Å²) in [5, 5.41) is 4.36. The highest BCUT2D eigenvalue weighted by Crippen LogP contribution is 2.52. The molecule has 0 bridgehead atoms. The molecule has 0 saturated carbocycles. The maximum absolute atomic E-state index is 15.4. The normalized spacial score (nSPS) is 14.2. The van der Waals surface area contributed by atoms with Gasteiger partial charge in [0.1, 0.15) is 17.2 Å². The molecule has 2 aliphatic rings.